The molecule has 1 aliphatic rings. The van der Waals surface area contributed by atoms with Crippen molar-refractivity contribution in [1.82, 2.24) is 4.90 Å². The quantitative estimate of drug-likeness (QED) is 0.584. The van der Waals surface area contributed by atoms with E-state index in [1.165, 1.54) is 4.90 Å². The molecule has 1 aliphatic heterocycles. The van der Waals surface area contributed by atoms with Gasteiger partial charge in [-0.05, 0) is 0 Å². The topological polar surface area (TPSA) is 94.9 Å². The van der Waals surface area contributed by atoms with Crippen molar-refractivity contribution in [3.05, 3.63) is 0 Å². The highest BCUT2D eigenvalue weighted by atomic mass is 32.2. The molecule has 1 unspecified atom stereocenters. The molecule has 1 heterocycles. The third-order valence-electron chi connectivity index (χ3n) is 2.28. The van der Waals surface area contributed by atoms with Crippen LogP contribution >= 0.6 is 0 Å². The van der Waals surface area contributed by atoms with Crippen LogP contribution < -0.4 is 0 Å². The van der Waals surface area contributed by atoms with E-state index >= 15 is 0 Å². The third-order valence-corrected chi connectivity index (χ3v) is 3.89. The molecule has 1 saturated heterocycles. The molecule has 0 spiro atoms. The van der Waals surface area contributed by atoms with Crippen LogP contribution in [0.5, 0.6) is 0 Å². The van der Waals surface area contributed by atoms with E-state index in [9.17, 15) is 13.2 Å². The molecule has 0 aromatic carbocycles. The van der Waals surface area contributed by atoms with Gasteiger partial charge in [-0.3, -0.25) is 9.69 Å². The van der Waals surface area contributed by atoms with E-state index in [4.69, 9.17) is 10.2 Å². The van der Waals surface area contributed by atoms with Gasteiger partial charge in [0.05, 0.1) is 18.1 Å². The SMILES string of the molecule is O=C(O)C(CO)N1CCS(=O)(=O)CC1. The second-order valence-corrected chi connectivity index (χ2v) is 5.53. The minimum Gasteiger partial charge on any atom is -0.480 e. The van der Waals surface area contributed by atoms with Gasteiger partial charge in [-0.15, -0.1) is 0 Å². The monoisotopic (exact) mass is 223 g/mol. The molecule has 14 heavy (non-hydrogen) atoms. The Morgan fingerprint density at radius 3 is 2.21 bits per heavy atom. The van der Waals surface area contributed by atoms with Crippen LogP contribution in [0.3, 0.4) is 0 Å². The van der Waals surface area contributed by atoms with Crippen molar-refractivity contribution in [2.24, 2.45) is 0 Å². The molecule has 0 aromatic heterocycles. The van der Waals surface area contributed by atoms with Gasteiger partial charge in [0.15, 0.2) is 9.84 Å². The first-order valence-corrected chi connectivity index (χ1v) is 6.06. The summed E-state index contributed by atoms with van der Waals surface area (Å²) in [4.78, 5) is 12.1. The van der Waals surface area contributed by atoms with Crippen LogP contribution in [-0.2, 0) is 14.6 Å². The lowest BCUT2D eigenvalue weighted by Crippen LogP contribution is -2.50. The number of aliphatic carboxylic acids is 1. The summed E-state index contributed by atoms with van der Waals surface area (Å²) in [5, 5.41) is 17.5. The first-order valence-electron chi connectivity index (χ1n) is 4.24. The largest absolute Gasteiger partial charge is 0.480 e. The number of aliphatic hydroxyl groups is 1. The highest BCUT2D eigenvalue weighted by molar-refractivity contribution is 7.91. The van der Waals surface area contributed by atoms with Gasteiger partial charge in [0.2, 0.25) is 0 Å². The number of aliphatic hydroxyl groups excluding tert-OH is 1. The first-order chi connectivity index (χ1) is 6.46. The van der Waals surface area contributed by atoms with Gasteiger partial charge < -0.3 is 10.2 Å². The normalized spacial score (nSPS) is 24.4. The summed E-state index contributed by atoms with van der Waals surface area (Å²) in [6, 6.07) is -0.981. The number of hydrogen-bond acceptors (Lipinski definition) is 5. The number of carbonyl (C=O) groups is 1. The number of nitrogens with zero attached hydrogens (tertiary/aromatic N) is 1. The molecule has 0 amide bonds. The molecule has 0 bridgehead atoms. The smallest absolute Gasteiger partial charge is 0.323 e. The van der Waals surface area contributed by atoms with Gasteiger partial charge in [0, 0.05) is 13.1 Å². The van der Waals surface area contributed by atoms with Crippen LogP contribution in [0.25, 0.3) is 0 Å². The summed E-state index contributed by atoms with van der Waals surface area (Å²) < 4.78 is 22.1. The lowest BCUT2D eigenvalue weighted by Gasteiger charge is -2.30. The fourth-order valence-corrected chi connectivity index (χ4v) is 2.62. The lowest BCUT2D eigenvalue weighted by atomic mass is 10.2. The summed E-state index contributed by atoms with van der Waals surface area (Å²) >= 11 is 0. The molecule has 6 nitrogen and oxygen atoms in total. The van der Waals surface area contributed by atoms with Crippen LogP contribution in [0.4, 0.5) is 0 Å². The summed E-state index contributed by atoms with van der Waals surface area (Å²) in [7, 11) is -3.00. The number of sulfone groups is 1. The highest BCUT2D eigenvalue weighted by Gasteiger charge is 2.30. The number of carboxylic acid groups (broad SMARTS) is 1. The Morgan fingerprint density at radius 2 is 1.86 bits per heavy atom. The van der Waals surface area contributed by atoms with E-state index in [0.29, 0.717) is 0 Å². The lowest BCUT2D eigenvalue weighted by molar-refractivity contribution is -0.144. The highest BCUT2D eigenvalue weighted by Crippen LogP contribution is 2.07. The molecule has 7 heteroatoms. The van der Waals surface area contributed by atoms with E-state index in [1.807, 2.05) is 0 Å². The van der Waals surface area contributed by atoms with Crippen molar-refractivity contribution in [1.29, 1.82) is 0 Å². The van der Waals surface area contributed by atoms with Crippen molar-refractivity contribution in [2.75, 3.05) is 31.2 Å². The molecule has 82 valence electrons. The molecule has 1 rings (SSSR count). The maximum absolute atomic E-state index is 11.0. The van der Waals surface area contributed by atoms with Gasteiger partial charge in [0.1, 0.15) is 6.04 Å². The van der Waals surface area contributed by atoms with Gasteiger partial charge in [-0.2, -0.15) is 0 Å². The van der Waals surface area contributed by atoms with Crippen molar-refractivity contribution in [3.63, 3.8) is 0 Å². The Morgan fingerprint density at radius 1 is 1.36 bits per heavy atom. The molecule has 1 fully saturated rings. The molecule has 0 aromatic rings. The maximum Gasteiger partial charge on any atom is 0.323 e. The van der Waals surface area contributed by atoms with Gasteiger partial charge in [-0.1, -0.05) is 0 Å². The van der Waals surface area contributed by atoms with E-state index in [0.717, 1.165) is 0 Å². The van der Waals surface area contributed by atoms with E-state index < -0.39 is 28.5 Å². The van der Waals surface area contributed by atoms with Crippen LogP contribution in [0.15, 0.2) is 0 Å². The Labute approximate surface area is 82.1 Å². The van der Waals surface area contributed by atoms with Gasteiger partial charge in [-0.25, -0.2) is 8.42 Å². The molecular weight excluding hydrogens is 210 g/mol. The standard InChI is InChI=1S/C7H13NO5S/c9-5-6(7(10)11)8-1-3-14(12,13)4-2-8/h6,9H,1-5H2,(H,10,11). The summed E-state index contributed by atoms with van der Waals surface area (Å²) in [6.45, 7) is -0.130. The van der Waals surface area contributed by atoms with Gasteiger partial charge in [0.25, 0.3) is 0 Å². The number of carboxylic acids is 1. The average Bonchev–Trinajstić information content (AvgIpc) is 2.08. The average molecular weight is 223 g/mol. The molecule has 0 radical (unpaired) electrons. The van der Waals surface area contributed by atoms with Crippen molar-refractivity contribution in [3.8, 4) is 0 Å². The second-order valence-electron chi connectivity index (χ2n) is 3.22. The minimum atomic E-state index is -3.00. The molecule has 0 aliphatic carbocycles. The van der Waals surface area contributed by atoms with Crippen LogP contribution in [-0.4, -0.2) is 66.7 Å². The van der Waals surface area contributed by atoms with Crippen LogP contribution in [0.1, 0.15) is 0 Å². The van der Waals surface area contributed by atoms with Crippen LogP contribution in [0.2, 0.25) is 0 Å². The maximum atomic E-state index is 11.0. The molecule has 1 atom stereocenters. The zero-order valence-corrected chi connectivity index (χ0v) is 8.40. The third kappa shape index (κ3) is 2.66. The molecule has 2 N–H and O–H groups in total. The predicted molar refractivity (Wildman–Crippen MR) is 48.7 cm³/mol. The number of hydrogen-bond donors (Lipinski definition) is 2. The van der Waals surface area contributed by atoms with Crippen molar-refractivity contribution >= 4 is 15.8 Å². The summed E-state index contributed by atoms with van der Waals surface area (Å²) in [5.74, 6) is -1.18. The summed E-state index contributed by atoms with van der Waals surface area (Å²) in [5.41, 5.74) is 0. The fraction of sp³-hybridized carbons (Fsp3) is 0.857. The van der Waals surface area contributed by atoms with Crippen LogP contribution in [0, 0.1) is 0 Å². The predicted octanol–water partition coefficient (Wildman–Crippen LogP) is -1.84. The van der Waals surface area contributed by atoms with Crippen molar-refractivity contribution < 1.29 is 23.4 Å². The molecule has 0 saturated carbocycles. The summed E-state index contributed by atoms with van der Waals surface area (Å²) in [6.07, 6.45) is 0. The first kappa shape index (κ1) is 11.4. The molecular formula is C7H13NO5S. The van der Waals surface area contributed by atoms with Gasteiger partial charge >= 0.3 is 5.97 Å². The Balaban J connectivity index is 2.60. The Hall–Kier alpha value is -0.660. The zero-order chi connectivity index (χ0) is 10.8. The Kier molecular flexibility index (Phi) is 3.46. The fourth-order valence-electron chi connectivity index (χ4n) is 1.39. The van der Waals surface area contributed by atoms with E-state index in [1.54, 1.807) is 0 Å². The van der Waals surface area contributed by atoms with Crippen molar-refractivity contribution in [2.45, 2.75) is 6.04 Å². The minimum absolute atomic E-state index is 0.0310. The second kappa shape index (κ2) is 4.24. The zero-order valence-electron chi connectivity index (χ0n) is 7.59. The van der Waals surface area contributed by atoms with E-state index in [2.05, 4.69) is 0 Å². The Bertz CT molecular complexity index is 298. The van der Waals surface area contributed by atoms with E-state index in [-0.39, 0.29) is 24.6 Å². The number of rotatable bonds is 3.